The molecule has 1 aromatic carbocycles. The van der Waals surface area contributed by atoms with Crippen LogP contribution in [-0.2, 0) is 14.9 Å². The van der Waals surface area contributed by atoms with Gasteiger partial charge in [0.1, 0.15) is 34.8 Å². The van der Waals surface area contributed by atoms with Gasteiger partial charge in [-0.25, -0.2) is 9.37 Å². The zero-order valence-corrected chi connectivity index (χ0v) is 16.9. The van der Waals surface area contributed by atoms with E-state index in [0.29, 0.717) is 29.2 Å². The molecule has 2 aliphatic heterocycles. The van der Waals surface area contributed by atoms with E-state index in [1.54, 1.807) is 13.8 Å². The fraction of sp³-hybridized carbons (Fsp3) is 0.632. The van der Waals surface area contributed by atoms with Crippen LogP contribution in [0.5, 0.6) is 5.75 Å². The maximum Gasteiger partial charge on any atom is 0.498 e. The van der Waals surface area contributed by atoms with Gasteiger partial charge < -0.3 is 23.7 Å². The SMILES string of the molecule is CC1COc2c(B3OC(C)(C)C(C)(C)O3)cc(F)c3nc(C(C)(C)O)n1c23. The van der Waals surface area contributed by atoms with E-state index >= 15 is 4.39 Å². The summed E-state index contributed by atoms with van der Waals surface area (Å²) in [5.41, 5.74) is -1.07. The second kappa shape index (κ2) is 5.46. The molecule has 0 saturated carbocycles. The minimum atomic E-state index is -1.21. The van der Waals surface area contributed by atoms with Gasteiger partial charge in [-0.1, -0.05) is 0 Å². The Morgan fingerprint density at radius 2 is 1.85 bits per heavy atom. The summed E-state index contributed by atoms with van der Waals surface area (Å²) in [6.45, 7) is 13.4. The number of aromatic nitrogens is 2. The van der Waals surface area contributed by atoms with E-state index in [9.17, 15) is 5.11 Å². The summed E-state index contributed by atoms with van der Waals surface area (Å²) in [4.78, 5) is 4.41. The number of hydrogen-bond acceptors (Lipinski definition) is 5. The summed E-state index contributed by atoms with van der Waals surface area (Å²) < 4.78 is 35.1. The van der Waals surface area contributed by atoms with Crippen molar-refractivity contribution in [2.45, 2.75) is 71.3 Å². The van der Waals surface area contributed by atoms with Gasteiger partial charge in [0.15, 0.2) is 5.82 Å². The normalized spacial score (nSPS) is 23.7. The predicted octanol–water partition coefficient (Wildman–Crippen LogP) is 2.66. The Bertz CT molecular complexity index is 916. The van der Waals surface area contributed by atoms with Gasteiger partial charge in [-0.3, -0.25) is 0 Å². The molecule has 2 aliphatic rings. The molecule has 4 rings (SSSR count). The molecule has 0 amide bonds. The average Bonchev–Trinajstić information content (AvgIpc) is 3.02. The highest BCUT2D eigenvalue weighted by Crippen LogP contribution is 2.41. The Hall–Kier alpha value is -1.64. The first kappa shape index (κ1) is 18.7. The first-order chi connectivity index (χ1) is 12.3. The summed E-state index contributed by atoms with van der Waals surface area (Å²) in [5, 5.41) is 10.5. The molecule has 1 saturated heterocycles. The molecule has 0 bridgehead atoms. The number of imidazole rings is 1. The molecule has 3 heterocycles. The molecule has 1 unspecified atom stereocenters. The van der Waals surface area contributed by atoms with E-state index < -0.39 is 29.7 Å². The second-order valence-electron chi connectivity index (χ2n) is 9.09. The van der Waals surface area contributed by atoms with Crippen LogP contribution in [0.15, 0.2) is 6.07 Å². The molecule has 6 nitrogen and oxygen atoms in total. The van der Waals surface area contributed by atoms with Crippen molar-refractivity contribution in [3.8, 4) is 5.75 Å². The molecule has 2 aromatic rings. The molecule has 27 heavy (non-hydrogen) atoms. The third-order valence-electron chi connectivity index (χ3n) is 5.86. The molecular weight excluding hydrogens is 350 g/mol. The lowest BCUT2D eigenvalue weighted by Crippen LogP contribution is -2.41. The van der Waals surface area contributed by atoms with Crippen LogP contribution < -0.4 is 10.2 Å². The van der Waals surface area contributed by atoms with Crippen LogP contribution in [-0.4, -0.2) is 39.6 Å². The second-order valence-corrected chi connectivity index (χ2v) is 9.09. The first-order valence-electron chi connectivity index (χ1n) is 9.29. The van der Waals surface area contributed by atoms with Crippen molar-refractivity contribution in [1.82, 2.24) is 9.55 Å². The van der Waals surface area contributed by atoms with Crippen molar-refractivity contribution in [2.75, 3.05) is 6.61 Å². The smallest absolute Gasteiger partial charge is 0.490 e. The predicted molar refractivity (Wildman–Crippen MR) is 101 cm³/mol. The fourth-order valence-corrected chi connectivity index (χ4v) is 3.66. The van der Waals surface area contributed by atoms with Crippen LogP contribution in [0.2, 0.25) is 0 Å². The molecule has 1 N–H and O–H groups in total. The van der Waals surface area contributed by atoms with Gasteiger partial charge in [0.05, 0.1) is 17.2 Å². The van der Waals surface area contributed by atoms with E-state index in [0.717, 1.165) is 0 Å². The number of aliphatic hydroxyl groups is 1. The molecule has 1 aromatic heterocycles. The molecule has 1 atom stereocenters. The van der Waals surface area contributed by atoms with Gasteiger partial charge in [-0.05, 0) is 54.5 Å². The van der Waals surface area contributed by atoms with Crippen molar-refractivity contribution in [3.63, 3.8) is 0 Å². The Labute approximate surface area is 158 Å². The fourth-order valence-electron chi connectivity index (χ4n) is 3.66. The Kier molecular flexibility index (Phi) is 3.78. The van der Waals surface area contributed by atoms with Crippen molar-refractivity contribution in [3.05, 3.63) is 17.7 Å². The van der Waals surface area contributed by atoms with Gasteiger partial charge in [-0.15, -0.1) is 0 Å². The summed E-state index contributed by atoms with van der Waals surface area (Å²) in [6.07, 6.45) is 0. The minimum Gasteiger partial charge on any atom is -0.490 e. The maximum atomic E-state index is 15.0. The van der Waals surface area contributed by atoms with Crippen molar-refractivity contribution in [1.29, 1.82) is 0 Å². The minimum absolute atomic E-state index is 0.0862. The van der Waals surface area contributed by atoms with Crippen LogP contribution in [0.25, 0.3) is 11.0 Å². The third kappa shape index (κ3) is 2.61. The molecule has 1 fully saturated rings. The van der Waals surface area contributed by atoms with Crippen LogP contribution in [0, 0.1) is 5.82 Å². The lowest BCUT2D eigenvalue weighted by Gasteiger charge is -2.32. The standard InChI is InChI=1S/C19H26BFN2O4/c1-10-9-25-15-11(20-26-18(4,5)19(6,7)27-20)8-12(21)13-14(15)23(10)16(22-13)17(2,3)24/h8,10,24H,9H2,1-7H3. The number of ether oxygens (including phenoxy) is 1. The largest absolute Gasteiger partial charge is 0.498 e. The monoisotopic (exact) mass is 376 g/mol. The van der Waals surface area contributed by atoms with Crippen molar-refractivity contribution >= 4 is 23.6 Å². The van der Waals surface area contributed by atoms with E-state index in [2.05, 4.69) is 4.98 Å². The molecule has 0 aliphatic carbocycles. The summed E-state index contributed by atoms with van der Waals surface area (Å²) >= 11 is 0. The van der Waals surface area contributed by atoms with E-state index in [-0.39, 0.29) is 11.6 Å². The van der Waals surface area contributed by atoms with Gasteiger partial charge in [0.25, 0.3) is 0 Å². The average molecular weight is 376 g/mol. The lowest BCUT2D eigenvalue weighted by atomic mass is 9.77. The topological polar surface area (TPSA) is 65.7 Å². The van der Waals surface area contributed by atoms with E-state index in [1.165, 1.54) is 6.07 Å². The summed E-state index contributed by atoms with van der Waals surface area (Å²) in [6, 6.07) is 1.29. The van der Waals surface area contributed by atoms with Gasteiger partial charge in [0, 0.05) is 5.46 Å². The highest BCUT2D eigenvalue weighted by Gasteiger charge is 2.53. The highest BCUT2D eigenvalue weighted by atomic mass is 19.1. The Morgan fingerprint density at radius 1 is 1.26 bits per heavy atom. The van der Waals surface area contributed by atoms with Crippen molar-refractivity contribution < 1.29 is 23.5 Å². The highest BCUT2D eigenvalue weighted by molar-refractivity contribution is 6.63. The number of benzene rings is 1. The van der Waals surface area contributed by atoms with Crippen LogP contribution >= 0.6 is 0 Å². The van der Waals surface area contributed by atoms with Gasteiger partial charge in [-0.2, -0.15) is 0 Å². The van der Waals surface area contributed by atoms with Gasteiger partial charge in [0.2, 0.25) is 0 Å². The first-order valence-corrected chi connectivity index (χ1v) is 9.29. The lowest BCUT2D eigenvalue weighted by molar-refractivity contribution is 0.00578. The van der Waals surface area contributed by atoms with E-state index in [1.807, 2.05) is 39.2 Å². The van der Waals surface area contributed by atoms with Crippen LogP contribution in [0.4, 0.5) is 4.39 Å². The van der Waals surface area contributed by atoms with Crippen LogP contribution in [0.1, 0.15) is 60.3 Å². The zero-order valence-electron chi connectivity index (χ0n) is 16.9. The summed E-state index contributed by atoms with van der Waals surface area (Å²) in [7, 11) is -0.744. The third-order valence-corrected chi connectivity index (χ3v) is 5.86. The van der Waals surface area contributed by atoms with Crippen molar-refractivity contribution in [2.24, 2.45) is 0 Å². The quantitative estimate of drug-likeness (QED) is 0.817. The Morgan fingerprint density at radius 3 is 2.41 bits per heavy atom. The molecular formula is C19H26BFN2O4. The van der Waals surface area contributed by atoms with E-state index in [4.69, 9.17) is 14.0 Å². The molecule has 8 heteroatoms. The molecule has 0 radical (unpaired) electrons. The van der Waals surface area contributed by atoms with Crippen LogP contribution in [0.3, 0.4) is 0 Å². The zero-order chi connectivity index (χ0) is 19.9. The number of hydrogen-bond donors (Lipinski definition) is 1. The number of halogens is 1. The number of rotatable bonds is 2. The Balaban J connectivity index is 1.96. The molecule has 0 spiro atoms. The molecule has 146 valence electrons. The maximum absolute atomic E-state index is 15.0. The summed E-state index contributed by atoms with van der Waals surface area (Å²) in [5.74, 6) is 0.436. The number of nitrogens with zero attached hydrogens (tertiary/aromatic N) is 2. The van der Waals surface area contributed by atoms with Gasteiger partial charge >= 0.3 is 7.12 Å².